The standard InChI is InChI=1S/C24H27NO5/c1-26-16-24(25(13-14-30-24)17-9-6-5-7-10-17)19-15-21(28-3)22-18(23(19)29-4)11-8-12-20(22)27-2/h5-12,15H,13-14,16H2,1-4H3/t24-/m1/s1. The van der Waals surface area contributed by atoms with Crippen molar-refractivity contribution in [2.75, 3.05) is 53.1 Å². The van der Waals surface area contributed by atoms with E-state index in [1.807, 2.05) is 42.5 Å². The zero-order valence-corrected chi connectivity index (χ0v) is 17.8. The molecule has 1 fully saturated rings. The Morgan fingerprint density at radius 1 is 0.900 bits per heavy atom. The van der Waals surface area contributed by atoms with Crippen LogP contribution in [0.2, 0.25) is 0 Å². The molecule has 0 spiro atoms. The van der Waals surface area contributed by atoms with E-state index in [-0.39, 0.29) is 0 Å². The van der Waals surface area contributed by atoms with Gasteiger partial charge >= 0.3 is 0 Å². The number of para-hydroxylation sites is 1. The number of fused-ring (bicyclic) bond motifs is 1. The van der Waals surface area contributed by atoms with E-state index in [0.29, 0.717) is 24.7 Å². The molecule has 6 nitrogen and oxygen atoms in total. The van der Waals surface area contributed by atoms with Crippen molar-refractivity contribution in [3.05, 3.63) is 60.2 Å². The number of hydrogen-bond acceptors (Lipinski definition) is 6. The lowest BCUT2D eigenvalue weighted by Gasteiger charge is -2.39. The van der Waals surface area contributed by atoms with Crippen molar-refractivity contribution >= 4 is 16.5 Å². The Labute approximate surface area is 176 Å². The number of methoxy groups -OCH3 is 4. The molecule has 1 atom stereocenters. The molecular weight excluding hydrogens is 382 g/mol. The summed E-state index contributed by atoms with van der Waals surface area (Å²) in [6.07, 6.45) is 0. The van der Waals surface area contributed by atoms with Gasteiger partial charge in [0, 0.05) is 24.7 Å². The van der Waals surface area contributed by atoms with Crippen LogP contribution >= 0.6 is 0 Å². The minimum atomic E-state index is -0.855. The van der Waals surface area contributed by atoms with Crippen LogP contribution in [-0.2, 0) is 15.2 Å². The van der Waals surface area contributed by atoms with E-state index in [9.17, 15) is 0 Å². The summed E-state index contributed by atoms with van der Waals surface area (Å²) in [6.45, 7) is 1.63. The molecule has 3 aromatic carbocycles. The van der Waals surface area contributed by atoms with Crippen molar-refractivity contribution in [3.63, 3.8) is 0 Å². The van der Waals surface area contributed by atoms with E-state index >= 15 is 0 Å². The fourth-order valence-electron chi connectivity index (χ4n) is 4.36. The van der Waals surface area contributed by atoms with Crippen molar-refractivity contribution in [1.82, 2.24) is 0 Å². The first kappa shape index (κ1) is 20.3. The Bertz CT molecular complexity index is 1020. The highest BCUT2D eigenvalue weighted by molar-refractivity contribution is 5.99. The van der Waals surface area contributed by atoms with E-state index in [0.717, 1.165) is 34.3 Å². The topological polar surface area (TPSA) is 49.4 Å². The molecule has 0 bridgehead atoms. The van der Waals surface area contributed by atoms with Crippen LogP contribution in [-0.4, -0.2) is 48.2 Å². The molecule has 1 aliphatic rings. The summed E-state index contributed by atoms with van der Waals surface area (Å²) in [5.41, 5.74) is 1.05. The maximum Gasteiger partial charge on any atom is 0.194 e. The van der Waals surface area contributed by atoms with Gasteiger partial charge in [-0.05, 0) is 24.3 Å². The maximum atomic E-state index is 6.42. The largest absolute Gasteiger partial charge is 0.496 e. The smallest absolute Gasteiger partial charge is 0.194 e. The molecule has 1 heterocycles. The Morgan fingerprint density at radius 2 is 1.67 bits per heavy atom. The Hall–Kier alpha value is -2.96. The van der Waals surface area contributed by atoms with Crippen LogP contribution in [0.3, 0.4) is 0 Å². The summed E-state index contributed by atoms with van der Waals surface area (Å²) in [4.78, 5) is 2.22. The molecular formula is C24H27NO5. The van der Waals surface area contributed by atoms with Gasteiger partial charge < -0.3 is 28.6 Å². The zero-order valence-electron chi connectivity index (χ0n) is 17.8. The Kier molecular flexibility index (Phi) is 5.70. The first-order valence-corrected chi connectivity index (χ1v) is 9.88. The van der Waals surface area contributed by atoms with Crippen LogP contribution in [0.4, 0.5) is 5.69 Å². The Morgan fingerprint density at radius 3 is 2.33 bits per heavy atom. The molecule has 0 aromatic heterocycles. The number of nitrogens with zero attached hydrogens (tertiary/aromatic N) is 1. The lowest BCUT2D eigenvalue weighted by atomic mass is 9.94. The number of anilines is 1. The lowest BCUT2D eigenvalue weighted by Crippen LogP contribution is -2.46. The molecule has 0 unspecified atom stereocenters. The third-order valence-electron chi connectivity index (χ3n) is 5.60. The van der Waals surface area contributed by atoms with E-state index in [1.54, 1.807) is 28.4 Å². The third-order valence-corrected chi connectivity index (χ3v) is 5.60. The highest BCUT2D eigenvalue weighted by Gasteiger charge is 2.47. The van der Waals surface area contributed by atoms with Gasteiger partial charge in [-0.3, -0.25) is 0 Å². The first-order chi connectivity index (χ1) is 14.7. The average molecular weight is 409 g/mol. The lowest BCUT2D eigenvalue weighted by molar-refractivity contribution is -0.0557. The van der Waals surface area contributed by atoms with Crippen LogP contribution in [0.25, 0.3) is 10.8 Å². The molecule has 3 aromatic rings. The highest BCUT2D eigenvalue weighted by atomic mass is 16.6. The van der Waals surface area contributed by atoms with Crippen LogP contribution in [0.1, 0.15) is 5.56 Å². The van der Waals surface area contributed by atoms with E-state index in [4.69, 9.17) is 23.7 Å². The van der Waals surface area contributed by atoms with Gasteiger partial charge in [-0.25, -0.2) is 0 Å². The Balaban J connectivity index is 2.02. The summed E-state index contributed by atoms with van der Waals surface area (Å²) in [7, 11) is 6.66. The van der Waals surface area contributed by atoms with Crippen LogP contribution in [0.5, 0.6) is 17.2 Å². The molecule has 4 rings (SSSR count). The van der Waals surface area contributed by atoms with Crippen molar-refractivity contribution in [2.24, 2.45) is 0 Å². The van der Waals surface area contributed by atoms with Gasteiger partial charge in [-0.2, -0.15) is 0 Å². The fraction of sp³-hybridized carbons (Fsp3) is 0.333. The van der Waals surface area contributed by atoms with Crippen molar-refractivity contribution in [1.29, 1.82) is 0 Å². The predicted octanol–water partition coefficient (Wildman–Crippen LogP) is 4.20. The molecule has 0 N–H and O–H groups in total. The summed E-state index contributed by atoms with van der Waals surface area (Å²) in [5, 5.41) is 1.75. The summed E-state index contributed by atoms with van der Waals surface area (Å²) < 4.78 is 29.4. The first-order valence-electron chi connectivity index (χ1n) is 9.88. The summed E-state index contributed by atoms with van der Waals surface area (Å²) in [5.74, 6) is 2.13. The van der Waals surface area contributed by atoms with Crippen molar-refractivity contribution in [2.45, 2.75) is 5.72 Å². The van der Waals surface area contributed by atoms with Crippen LogP contribution < -0.4 is 19.1 Å². The quantitative estimate of drug-likeness (QED) is 0.583. The zero-order chi connectivity index (χ0) is 21.1. The minimum absolute atomic E-state index is 0.330. The second kappa shape index (κ2) is 8.42. The van der Waals surface area contributed by atoms with Gasteiger partial charge in [0.1, 0.15) is 17.2 Å². The number of ether oxygens (including phenoxy) is 5. The van der Waals surface area contributed by atoms with Gasteiger partial charge in [-0.15, -0.1) is 0 Å². The molecule has 1 saturated heterocycles. The number of hydrogen-bond donors (Lipinski definition) is 0. The van der Waals surface area contributed by atoms with Crippen LogP contribution in [0, 0.1) is 0 Å². The molecule has 0 amide bonds. The molecule has 158 valence electrons. The van der Waals surface area contributed by atoms with Crippen molar-refractivity contribution in [3.8, 4) is 17.2 Å². The predicted molar refractivity (Wildman–Crippen MR) is 117 cm³/mol. The van der Waals surface area contributed by atoms with E-state index in [1.165, 1.54) is 0 Å². The number of rotatable bonds is 7. The third kappa shape index (κ3) is 3.13. The normalized spacial score (nSPS) is 18.6. The molecule has 0 saturated carbocycles. The van der Waals surface area contributed by atoms with Crippen LogP contribution in [0.15, 0.2) is 54.6 Å². The monoisotopic (exact) mass is 409 g/mol. The van der Waals surface area contributed by atoms with Gasteiger partial charge in [0.05, 0.1) is 45.5 Å². The average Bonchev–Trinajstić information content (AvgIpc) is 3.22. The van der Waals surface area contributed by atoms with E-state index in [2.05, 4.69) is 17.0 Å². The van der Waals surface area contributed by atoms with E-state index < -0.39 is 5.72 Å². The van der Waals surface area contributed by atoms with Crippen molar-refractivity contribution < 1.29 is 23.7 Å². The summed E-state index contributed by atoms with van der Waals surface area (Å²) >= 11 is 0. The second-order valence-corrected chi connectivity index (χ2v) is 7.10. The molecule has 1 aliphatic heterocycles. The van der Waals surface area contributed by atoms with Gasteiger partial charge in [0.15, 0.2) is 5.72 Å². The highest BCUT2D eigenvalue weighted by Crippen LogP contribution is 2.49. The maximum absolute atomic E-state index is 6.42. The fourth-order valence-corrected chi connectivity index (χ4v) is 4.36. The molecule has 6 heteroatoms. The van der Waals surface area contributed by atoms with Gasteiger partial charge in [0.2, 0.25) is 0 Å². The minimum Gasteiger partial charge on any atom is -0.496 e. The second-order valence-electron chi connectivity index (χ2n) is 7.10. The SMILES string of the molecule is COC[C@]1(c2cc(OC)c3c(OC)cccc3c2OC)OCCN1c1ccccc1. The van der Waals surface area contributed by atoms with Gasteiger partial charge in [0.25, 0.3) is 0 Å². The van der Waals surface area contributed by atoms with Gasteiger partial charge in [-0.1, -0.05) is 30.3 Å². The molecule has 0 radical (unpaired) electrons. The number of benzene rings is 3. The summed E-state index contributed by atoms with van der Waals surface area (Å²) in [6, 6.07) is 18.0. The molecule has 0 aliphatic carbocycles. The molecule has 30 heavy (non-hydrogen) atoms.